The van der Waals surface area contributed by atoms with Crippen molar-refractivity contribution in [3.8, 4) is 0 Å². The second-order valence-corrected chi connectivity index (χ2v) is 7.75. The number of nitrogens with two attached hydrogens (primary N) is 1. The summed E-state index contributed by atoms with van der Waals surface area (Å²) >= 11 is 0. The van der Waals surface area contributed by atoms with Crippen molar-refractivity contribution >= 4 is 21.2 Å². The molecular weight excluding hydrogens is 356 g/mol. The number of aromatic nitrogens is 2. The van der Waals surface area contributed by atoms with Crippen LogP contribution in [0.5, 0.6) is 0 Å². The standard InChI is InChI=1S/C9H17N3O9P2/c1-19-23(17,18)21-22(15,16)6-20-7(5-13)4-12-3-2-8(10)11-9(12)14/h2-3,7,13H,4-6H2,1H3,(H,15,16)(H,17,18)(H2,10,11,14)/t7-/m0/s1. The third-order valence-electron chi connectivity index (χ3n) is 2.43. The Bertz CT molecular complexity index is 678. The van der Waals surface area contributed by atoms with Crippen LogP contribution >= 0.6 is 15.4 Å². The van der Waals surface area contributed by atoms with Crippen molar-refractivity contribution in [2.24, 2.45) is 0 Å². The van der Waals surface area contributed by atoms with Crippen molar-refractivity contribution in [1.82, 2.24) is 9.55 Å². The van der Waals surface area contributed by atoms with Gasteiger partial charge in [-0.2, -0.15) is 4.98 Å². The first-order valence-electron chi connectivity index (χ1n) is 6.05. The fourth-order valence-corrected chi connectivity index (χ4v) is 3.53. The predicted octanol–water partition coefficient (Wildman–Crippen LogP) is -0.891. The first-order valence-corrected chi connectivity index (χ1v) is 9.31. The van der Waals surface area contributed by atoms with Crippen LogP contribution in [0, 0.1) is 0 Å². The van der Waals surface area contributed by atoms with Gasteiger partial charge in [-0.1, -0.05) is 0 Å². The van der Waals surface area contributed by atoms with Gasteiger partial charge in [-0.3, -0.25) is 13.7 Å². The molecule has 23 heavy (non-hydrogen) atoms. The highest BCUT2D eigenvalue weighted by atomic mass is 31.3. The second-order valence-electron chi connectivity index (χ2n) is 4.26. The summed E-state index contributed by atoms with van der Waals surface area (Å²) in [6.07, 6.45) is -0.759. The first kappa shape index (κ1) is 19.9. The molecule has 14 heteroatoms. The lowest BCUT2D eigenvalue weighted by Gasteiger charge is -2.19. The highest BCUT2D eigenvalue weighted by Crippen LogP contribution is 2.59. The average Bonchev–Trinajstić information content (AvgIpc) is 2.44. The number of rotatable bonds is 9. The van der Waals surface area contributed by atoms with Crippen LogP contribution in [0.4, 0.5) is 5.82 Å². The van der Waals surface area contributed by atoms with Gasteiger partial charge in [0.2, 0.25) is 0 Å². The summed E-state index contributed by atoms with van der Waals surface area (Å²) in [7, 11) is -8.48. The lowest BCUT2D eigenvalue weighted by atomic mass is 10.3. The molecule has 0 amide bonds. The molecular formula is C9H17N3O9P2. The highest BCUT2D eigenvalue weighted by molar-refractivity contribution is 7.63. The van der Waals surface area contributed by atoms with Crippen LogP contribution in [0.1, 0.15) is 0 Å². The minimum absolute atomic E-state index is 0.0132. The van der Waals surface area contributed by atoms with Crippen LogP contribution in [0.2, 0.25) is 0 Å². The van der Waals surface area contributed by atoms with E-state index in [4.69, 9.17) is 15.4 Å². The number of aliphatic hydroxyl groups is 1. The molecule has 0 fully saturated rings. The van der Waals surface area contributed by atoms with Crippen molar-refractivity contribution in [2.45, 2.75) is 12.6 Å². The topological polar surface area (TPSA) is 183 Å². The molecule has 1 heterocycles. The lowest BCUT2D eigenvalue weighted by Crippen LogP contribution is -2.32. The molecule has 5 N–H and O–H groups in total. The van der Waals surface area contributed by atoms with E-state index >= 15 is 0 Å². The quantitative estimate of drug-likeness (QED) is 0.394. The zero-order valence-electron chi connectivity index (χ0n) is 12.0. The third-order valence-corrected chi connectivity index (χ3v) is 5.22. The maximum absolute atomic E-state index is 11.6. The van der Waals surface area contributed by atoms with E-state index in [-0.39, 0.29) is 12.4 Å². The van der Waals surface area contributed by atoms with Crippen LogP contribution in [0.25, 0.3) is 0 Å². The van der Waals surface area contributed by atoms with Gasteiger partial charge in [0, 0.05) is 13.3 Å². The molecule has 0 aliphatic carbocycles. The second kappa shape index (κ2) is 8.13. The molecule has 132 valence electrons. The Hall–Kier alpha value is -1.10. The molecule has 0 aliphatic heterocycles. The number of phosphoric ester groups is 1. The first-order chi connectivity index (χ1) is 10.6. The molecule has 3 atom stereocenters. The fourth-order valence-electron chi connectivity index (χ4n) is 1.38. The van der Waals surface area contributed by atoms with Gasteiger partial charge < -0.3 is 25.4 Å². The largest absolute Gasteiger partial charge is 0.479 e. The molecule has 0 aliphatic rings. The average molecular weight is 373 g/mol. The SMILES string of the molecule is COP(=O)(O)OP(=O)(O)CO[C@H](CO)Cn1ccc(N)nc1=O. The number of hydrogen-bond donors (Lipinski definition) is 4. The Morgan fingerprint density at radius 3 is 2.61 bits per heavy atom. The summed E-state index contributed by atoms with van der Waals surface area (Å²) in [4.78, 5) is 33.4. The molecule has 0 bridgehead atoms. The van der Waals surface area contributed by atoms with E-state index in [1.165, 1.54) is 12.3 Å². The molecule has 0 saturated heterocycles. The summed E-state index contributed by atoms with van der Waals surface area (Å²) in [6.45, 7) is -0.790. The Balaban J connectivity index is 2.68. The van der Waals surface area contributed by atoms with E-state index in [1.807, 2.05) is 0 Å². The van der Waals surface area contributed by atoms with Gasteiger partial charge >= 0.3 is 21.1 Å². The Morgan fingerprint density at radius 2 is 2.09 bits per heavy atom. The molecule has 1 aromatic rings. The molecule has 0 spiro atoms. The van der Waals surface area contributed by atoms with Crippen LogP contribution in [-0.4, -0.2) is 50.6 Å². The predicted molar refractivity (Wildman–Crippen MR) is 77.5 cm³/mol. The number of phosphoric acid groups is 1. The zero-order valence-corrected chi connectivity index (χ0v) is 13.8. The molecule has 0 aromatic carbocycles. The van der Waals surface area contributed by atoms with Gasteiger partial charge in [0.25, 0.3) is 0 Å². The van der Waals surface area contributed by atoms with Gasteiger partial charge in [0.15, 0.2) is 0 Å². The maximum Gasteiger partial charge on any atom is 0.479 e. The van der Waals surface area contributed by atoms with Gasteiger partial charge in [-0.25, -0.2) is 13.7 Å². The number of nitrogens with zero attached hydrogens (tertiary/aromatic N) is 2. The van der Waals surface area contributed by atoms with Crippen LogP contribution in [0.3, 0.4) is 0 Å². The molecule has 1 rings (SSSR count). The van der Waals surface area contributed by atoms with Crippen molar-refractivity contribution in [2.75, 3.05) is 25.8 Å². The molecule has 12 nitrogen and oxygen atoms in total. The van der Waals surface area contributed by atoms with Crippen LogP contribution < -0.4 is 11.4 Å². The Kier molecular flexibility index (Phi) is 7.05. The summed E-state index contributed by atoms with van der Waals surface area (Å²) < 4.78 is 36.8. The van der Waals surface area contributed by atoms with Gasteiger partial charge in [-0.15, -0.1) is 0 Å². The maximum atomic E-state index is 11.6. The fraction of sp³-hybridized carbons (Fsp3) is 0.556. The summed E-state index contributed by atoms with van der Waals surface area (Å²) in [5.41, 5.74) is 4.63. The molecule has 0 saturated carbocycles. The minimum Gasteiger partial charge on any atom is -0.394 e. The van der Waals surface area contributed by atoms with E-state index in [0.29, 0.717) is 0 Å². The lowest BCUT2D eigenvalue weighted by molar-refractivity contribution is 0.0187. The van der Waals surface area contributed by atoms with Crippen molar-refractivity contribution in [1.29, 1.82) is 0 Å². The minimum atomic E-state index is -4.68. The number of aliphatic hydroxyl groups excluding tert-OH is 1. The Morgan fingerprint density at radius 1 is 1.43 bits per heavy atom. The van der Waals surface area contributed by atoms with E-state index in [0.717, 1.165) is 11.7 Å². The van der Waals surface area contributed by atoms with Crippen molar-refractivity contribution in [3.05, 3.63) is 22.7 Å². The molecule has 0 radical (unpaired) electrons. The monoisotopic (exact) mass is 373 g/mol. The smallest absolute Gasteiger partial charge is 0.394 e. The van der Waals surface area contributed by atoms with Gasteiger partial charge in [-0.05, 0) is 6.07 Å². The summed E-state index contributed by atoms with van der Waals surface area (Å²) in [5, 5.41) is 9.18. The van der Waals surface area contributed by atoms with E-state index in [2.05, 4.69) is 13.8 Å². The van der Waals surface area contributed by atoms with E-state index in [1.54, 1.807) is 0 Å². The number of anilines is 1. The van der Waals surface area contributed by atoms with Gasteiger partial charge in [0.05, 0.1) is 19.3 Å². The normalized spacial score (nSPS) is 18.1. The van der Waals surface area contributed by atoms with Crippen LogP contribution in [0.15, 0.2) is 17.1 Å². The summed E-state index contributed by atoms with van der Waals surface area (Å²) in [6, 6.07) is 1.34. The van der Waals surface area contributed by atoms with Crippen LogP contribution in [-0.2, 0) is 29.2 Å². The third kappa shape index (κ3) is 6.90. The molecule has 1 aromatic heterocycles. The van der Waals surface area contributed by atoms with E-state index < -0.39 is 40.2 Å². The summed E-state index contributed by atoms with van der Waals surface area (Å²) in [5.74, 6) is 0.0132. The number of ether oxygens (including phenoxy) is 1. The van der Waals surface area contributed by atoms with Gasteiger partial charge in [0.1, 0.15) is 12.2 Å². The van der Waals surface area contributed by atoms with E-state index in [9.17, 15) is 23.9 Å². The number of nitrogen functional groups attached to an aromatic ring is 1. The Labute approximate surface area is 130 Å². The highest BCUT2D eigenvalue weighted by Gasteiger charge is 2.33. The number of hydrogen-bond acceptors (Lipinski definition) is 9. The zero-order chi connectivity index (χ0) is 17.7. The van der Waals surface area contributed by atoms with Crippen molar-refractivity contribution in [3.63, 3.8) is 0 Å². The molecule has 2 unspecified atom stereocenters. The van der Waals surface area contributed by atoms with Crippen molar-refractivity contribution < 1.29 is 37.6 Å².